The van der Waals surface area contributed by atoms with Crippen molar-refractivity contribution in [2.24, 2.45) is 23.7 Å². The molecule has 16 heavy (non-hydrogen) atoms. The molecule has 4 atom stereocenters. The average Bonchev–Trinajstić information content (AvgIpc) is 2.65. The van der Waals surface area contributed by atoms with Crippen molar-refractivity contribution in [3.8, 4) is 0 Å². The maximum atomic E-state index is 6.36. The van der Waals surface area contributed by atoms with Gasteiger partial charge in [0.15, 0.2) is 0 Å². The lowest BCUT2D eigenvalue weighted by Gasteiger charge is -2.53. The van der Waals surface area contributed by atoms with E-state index in [1.807, 2.05) is 0 Å². The largest absolute Gasteiger partial charge is 0.374 e. The Bertz CT molecular complexity index is 311. The molecule has 1 saturated carbocycles. The second-order valence-electron chi connectivity index (χ2n) is 6.35. The standard InChI is InChI=1S/C15H24O/c1-10-8-11(2)14-12(3)13(10)9-16-15(14)6-4-5-7-15/h8,10,12-14H,4-7,9H2,1-3H3/t10-,12-,13-,14+/m1/s1. The molecule has 1 spiro atoms. The highest BCUT2D eigenvalue weighted by Crippen LogP contribution is 2.54. The summed E-state index contributed by atoms with van der Waals surface area (Å²) in [5.74, 6) is 3.02. The minimum Gasteiger partial charge on any atom is -0.374 e. The van der Waals surface area contributed by atoms with Gasteiger partial charge in [-0.2, -0.15) is 0 Å². The van der Waals surface area contributed by atoms with Gasteiger partial charge in [-0.25, -0.2) is 0 Å². The Morgan fingerprint density at radius 2 is 1.94 bits per heavy atom. The first-order valence-corrected chi connectivity index (χ1v) is 6.96. The minimum atomic E-state index is 0.233. The maximum absolute atomic E-state index is 6.36. The maximum Gasteiger partial charge on any atom is 0.0750 e. The van der Waals surface area contributed by atoms with Crippen LogP contribution in [-0.4, -0.2) is 12.2 Å². The van der Waals surface area contributed by atoms with Crippen LogP contribution in [0.25, 0.3) is 0 Å². The first-order chi connectivity index (χ1) is 7.64. The van der Waals surface area contributed by atoms with Gasteiger partial charge in [0.05, 0.1) is 12.2 Å². The molecule has 0 radical (unpaired) electrons. The van der Waals surface area contributed by atoms with Gasteiger partial charge in [-0.15, -0.1) is 0 Å². The third-order valence-electron chi connectivity index (χ3n) is 5.47. The lowest BCUT2D eigenvalue weighted by Crippen LogP contribution is -2.53. The summed E-state index contributed by atoms with van der Waals surface area (Å²) in [4.78, 5) is 0. The van der Waals surface area contributed by atoms with Crippen LogP contribution < -0.4 is 0 Å². The van der Waals surface area contributed by atoms with Crippen molar-refractivity contribution in [1.82, 2.24) is 0 Å². The van der Waals surface area contributed by atoms with Crippen molar-refractivity contribution in [2.75, 3.05) is 6.61 Å². The van der Waals surface area contributed by atoms with Gasteiger partial charge in [-0.05, 0) is 37.5 Å². The molecule has 0 unspecified atom stereocenters. The molecule has 2 bridgehead atoms. The molecule has 0 aromatic heterocycles. The van der Waals surface area contributed by atoms with Crippen molar-refractivity contribution < 1.29 is 4.74 Å². The molecular weight excluding hydrogens is 196 g/mol. The summed E-state index contributed by atoms with van der Waals surface area (Å²) < 4.78 is 6.36. The van der Waals surface area contributed by atoms with Crippen LogP contribution in [0.15, 0.2) is 11.6 Å². The summed E-state index contributed by atoms with van der Waals surface area (Å²) in [5, 5.41) is 0. The molecule has 2 aliphatic carbocycles. The summed E-state index contributed by atoms with van der Waals surface area (Å²) in [5.41, 5.74) is 1.84. The van der Waals surface area contributed by atoms with Crippen LogP contribution in [0.4, 0.5) is 0 Å². The Morgan fingerprint density at radius 1 is 1.25 bits per heavy atom. The molecule has 1 saturated heterocycles. The summed E-state index contributed by atoms with van der Waals surface area (Å²) in [6.45, 7) is 8.16. The van der Waals surface area contributed by atoms with Gasteiger partial charge in [0.25, 0.3) is 0 Å². The topological polar surface area (TPSA) is 9.23 Å². The van der Waals surface area contributed by atoms with Gasteiger partial charge in [0, 0.05) is 5.92 Å². The quantitative estimate of drug-likeness (QED) is 0.564. The molecule has 0 aromatic carbocycles. The molecule has 0 N–H and O–H groups in total. The Hall–Kier alpha value is -0.300. The molecule has 1 nitrogen and oxygen atoms in total. The third-order valence-corrected chi connectivity index (χ3v) is 5.47. The Morgan fingerprint density at radius 3 is 2.62 bits per heavy atom. The van der Waals surface area contributed by atoms with E-state index in [2.05, 4.69) is 26.8 Å². The first kappa shape index (κ1) is 10.8. The van der Waals surface area contributed by atoms with E-state index in [0.29, 0.717) is 11.8 Å². The fraction of sp³-hybridized carbons (Fsp3) is 0.867. The molecule has 2 fully saturated rings. The molecule has 1 heterocycles. The monoisotopic (exact) mass is 220 g/mol. The van der Waals surface area contributed by atoms with Crippen molar-refractivity contribution in [2.45, 2.75) is 52.1 Å². The van der Waals surface area contributed by atoms with Gasteiger partial charge < -0.3 is 4.74 Å². The van der Waals surface area contributed by atoms with Crippen molar-refractivity contribution in [1.29, 1.82) is 0 Å². The fourth-order valence-electron chi connectivity index (χ4n) is 4.76. The molecule has 3 rings (SSSR count). The smallest absolute Gasteiger partial charge is 0.0750 e. The zero-order valence-electron chi connectivity index (χ0n) is 10.8. The third kappa shape index (κ3) is 1.33. The van der Waals surface area contributed by atoms with E-state index in [-0.39, 0.29) is 5.60 Å². The summed E-state index contributed by atoms with van der Waals surface area (Å²) in [6, 6.07) is 0. The molecule has 1 heteroatoms. The normalized spacial score (nSPS) is 45.8. The highest BCUT2D eigenvalue weighted by molar-refractivity contribution is 5.21. The molecule has 0 aromatic rings. The molecule has 1 aliphatic heterocycles. The predicted molar refractivity (Wildman–Crippen MR) is 66.2 cm³/mol. The second kappa shape index (κ2) is 3.60. The predicted octanol–water partition coefficient (Wildman–Crippen LogP) is 3.79. The number of hydrogen-bond donors (Lipinski definition) is 0. The zero-order chi connectivity index (χ0) is 11.3. The van der Waals surface area contributed by atoms with E-state index in [1.54, 1.807) is 5.57 Å². The van der Waals surface area contributed by atoms with Crippen LogP contribution in [0.2, 0.25) is 0 Å². The number of rotatable bonds is 0. The van der Waals surface area contributed by atoms with E-state index in [0.717, 1.165) is 18.4 Å². The summed E-state index contributed by atoms with van der Waals surface area (Å²) in [7, 11) is 0. The van der Waals surface area contributed by atoms with Crippen LogP contribution >= 0.6 is 0 Å². The number of allylic oxidation sites excluding steroid dienone is 1. The van der Waals surface area contributed by atoms with Crippen LogP contribution in [0.1, 0.15) is 46.5 Å². The zero-order valence-corrected chi connectivity index (χ0v) is 10.8. The summed E-state index contributed by atoms with van der Waals surface area (Å²) >= 11 is 0. The van der Waals surface area contributed by atoms with Crippen molar-refractivity contribution >= 4 is 0 Å². The lowest BCUT2D eigenvalue weighted by molar-refractivity contribution is -0.160. The number of ether oxygens (including phenoxy) is 1. The highest BCUT2D eigenvalue weighted by atomic mass is 16.5. The van der Waals surface area contributed by atoms with Gasteiger partial charge in [0.1, 0.15) is 0 Å². The van der Waals surface area contributed by atoms with Gasteiger partial charge in [0.2, 0.25) is 0 Å². The summed E-state index contributed by atoms with van der Waals surface area (Å²) in [6.07, 6.45) is 7.87. The Balaban J connectivity index is 1.99. The van der Waals surface area contributed by atoms with Crippen molar-refractivity contribution in [3.63, 3.8) is 0 Å². The fourth-order valence-corrected chi connectivity index (χ4v) is 4.76. The minimum absolute atomic E-state index is 0.233. The average molecular weight is 220 g/mol. The SMILES string of the molecule is CC1=C[C@@H](C)[C@H]2COC3(CCCC3)[C@@H]1[C@@H]2C. The molecule has 0 amide bonds. The molecule has 90 valence electrons. The second-order valence-corrected chi connectivity index (χ2v) is 6.35. The highest BCUT2D eigenvalue weighted by Gasteiger charge is 2.52. The van der Waals surface area contributed by atoms with Gasteiger partial charge in [-0.3, -0.25) is 0 Å². The van der Waals surface area contributed by atoms with Gasteiger partial charge in [-0.1, -0.05) is 38.3 Å². The van der Waals surface area contributed by atoms with E-state index >= 15 is 0 Å². The molecular formula is C15H24O. The van der Waals surface area contributed by atoms with Crippen LogP contribution in [0.3, 0.4) is 0 Å². The van der Waals surface area contributed by atoms with E-state index in [4.69, 9.17) is 4.74 Å². The van der Waals surface area contributed by atoms with Crippen LogP contribution in [-0.2, 0) is 4.74 Å². The van der Waals surface area contributed by atoms with Crippen LogP contribution in [0, 0.1) is 23.7 Å². The first-order valence-electron chi connectivity index (χ1n) is 6.96. The number of hydrogen-bond acceptors (Lipinski definition) is 1. The lowest BCUT2D eigenvalue weighted by atomic mass is 9.61. The Labute approximate surface area is 99.3 Å². The van der Waals surface area contributed by atoms with E-state index < -0.39 is 0 Å². The van der Waals surface area contributed by atoms with Crippen LogP contribution in [0.5, 0.6) is 0 Å². The van der Waals surface area contributed by atoms with E-state index in [9.17, 15) is 0 Å². The Kier molecular flexibility index (Phi) is 2.43. The van der Waals surface area contributed by atoms with Crippen molar-refractivity contribution in [3.05, 3.63) is 11.6 Å². The molecule has 3 aliphatic rings. The van der Waals surface area contributed by atoms with E-state index in [1.165, 1.54) is 25.7 Å². The number of fused-ring (bicyclic) bond motifs is 3. The van der Waals surface area contributed by atoms with Gasteiger partial charge >= 0.3 is 0 Å².